The van der Waals surface area contributed by atoms with E-state index in [1.807, 2.05) is 79.7 Å². The van der Waals surface area contributed by atoms with Gasteiger partial charge in [-0.25, -0.2) is 0 Å². The summed E-state index contributed by atoms with van der Waals surface area (Å²) in [6.07, 6.45) is 6.38. The molecule has 0 aromatic heterocycles. The first-order chi connectivity index (χ1) is 21.8. The maximum absolute atomic E-state index is 14.5. The summed E-state index contributed by atoms with van der Waals surface area (Å²) in [5.41, 5.74) is 0.239. The molecule has 2 aromatic rings. The molecule has 0 radical (unpaired) electrons. The molecule has 45 heavy (non-hydrogen) atoms. The standard InChI is InChI=1S/C35H39N3O7/c1-23-30(25-14-8-4-9-15-25)44-34(43)28-26-17-18-35(45-26)29(28)32(41)38(20-21-39)31(35)33(42)37(22-24-12-6-3-7-13-24)19-11-5-10-16-27(40)36(23)2/h3-9,11-15,17-18,23,26,28-31,39H,10,16,19-22H2,1-2H3/b11-5-/t23-,26+,28-,29-,30+,31+,35-/m1/s1. The van der Waals surface area contributed by atoms with Gasteiger partial charge in [-0.3, -0.25) is 19.2 Å². The van der Waals surface area contributed by atoms with E-state index in [0.29, 0.717) is 6.42 Å². The topological polar surface area (TPSA) is 117 Å². The molecule has 4 aliphatic heterocycles. The first-order valence-electron chi connectivity index (χ1n) is 15.5. The number of cyclic esters (lactones) is 1. The lowest BCUT2D eigenvalue weighted by Gasteiger charge is -2.35. The molecule has 1 N–H and O–H groups in total. The van der Waals surface area contributed by atoms with Gasteiger partial charge in [0.2, 0.25) is 17.7 Å². The van der Waals surface area contributed by atoms with Gasteiger partial charge in [0, 0.05) is 33.1 Å². The highest BCUT2D eigenvalue weighted by molar-refractivity contribution is 5.99. The number of rotatable bonds is 5. The predicted molar refractivity (Wildman–Crippen MR) is 164 cm³/mol. The summed E-state index contributed by atoms with van der Waals surface area (Å²) in [7, 11) is 1.70. The van der Waals surface area contributed by atoms with Crippen LogP contribution in [0.15, 0.2) is 85.0 Å². The van der Waals surface area contributed by atoms with Crippen LogP contribution in [0.25, 0.3) is 0 Å². The van der Waals surface area contributed by atoms with Gasteiger partial charge in [0.25, 0.3) is 0 Å². The van der Waals surface area contributed by atoms with E-state index in [4.69, 9.17) is 9.47 Å². The second-order valence-electron chi connectivity index (χ2n) is 12.2. The highest BCUT2D eigenvalue weighted by Gasteiger charge is 2.73. The second kappa shape index (κ2) is 12.6. The molecule has 4 aliphatic rings. The third kappa shape index (κ3) is 5.46. The van der Waals surface area contributed by atoms with E-state index in [1.54, 1.807) is 29.0 Å². The van der Waals surface area contributed by atoms with E-state index in [9.17, 15) is 24.3 Å². The Labute approximate surface area is 262 Å². The highest BCUT2D eigenvalue weighted by atomic mass is 16.6. The number of likely N-dealkylation sites (tertiary alicyclic amines) is 1. The van der Waals surface area contributed by atoms with Crippen LogP contribution in [0.3, 0.4) is 0 Å². The fraction of sp³-hybridized carbons (Fsp3) is 0.429. The van der Waals surface area contributed by atoms with Gasteiger partial charge in [-0.05, 0) is 24.5 Å². The van der Waals surface area contributed by atoms with Crippen molar-refractivity contribution in [1.29, 1.82) is 0 Å². The van der Waals surface area contributed by atoms with Crippen LogP contribution in [0.5, 0.6) is 0 Å². The maximum atomic E-state index is 14.5. The third-order valence-corrected chi connectivity index (χ3v) is 9.58. The highest BCUT2D eigenvalue weighted by Crippen LogP contribution is 2.56. The molecule has 5 bridgehead atoms. The van der Waals surface area contributed by atoms with Crippen molar-refractivity contribution in [1.82, 2.24) is 14.7 Å². The molecule has 10 heteroatoms. The zero-order valence-corrected chi connectivity index (χ0v) is 25.5. The van der Waals surface area contributed by atoms with Crippen molar-refractivity contribution < 1.29 is 33.8 Å². The fourth-order valence-electron chi connectivity index (χ4n) is 7.20. The minimum atomic E-state index is -1.38. The van der Waals surface area contributed by atoms with Crippen LogP contribution in [0, 0.1) is 11.8 Å². The zero-order valence-electron chi connectivity index (χ0n) is 25.5. The molecule has 0 saturated carbocycles. The Hall–Kier alpha value is -4.28. The molecular formula is C35H39N3O7. The minimum Gasteiger partial charge on any atom is -0.455 e. The fourth-order valence-corrected chi connectivity index (χ4v) is 7.20. The predicted octanol–water partition coefficient (Wildman–Crippen LogP) is 2.64. The summed E-state index contributed by atoms with van der Waals surface area (Å²) < 4.78 is 12.7. The van der Waals surface area contributed by atoms with Gasteiger partial charge in [-0.15, -0.1) is 0 Å². The number of likely N-dealkylation sites (N-methyl/N-ethyl adjacent to an activating group) is 1. The number of ether oxygens (including phenoxy) is 2. The summed E-state index contributed by atoms with van der Waals surface area (Å²) in [5.74, 6) is -3.51. The number of amides is 3. The molecule has 2 fully saturated rings. The molecule has 236 valence electrons. The molecule has 3 amide bonds. The summed E-state index contributed by atoms with van der Waals surface area (Å²) in [4.78, 5) is 60.7. The summed E-state index contributed by atoms with van der Waals surface area (Å²) in [5, 5.41) is 9.97. The number of allylic oxidation sites excluding steroid dienone is 1. The molecule has 2 saturated heterocycles. The number of hydrogen-bond acceptors (Lipinski definition) is 7. The molecule has 6 rings (SSSR count). The summed E-state index contributed by atoms with van der Waals surface area (Å²) in [6, 6.07) is 17.2. The average Bonchev–Trinajstić information content (AvgIpc) is 3.70. The van der Waals surface area contributed by atoms with Gasteiger partial charge in [0.1, 0.15) is 23.7 Å². The van der Waals surface area contributed by atoms with Crippen molar-refractivity contribution >= 4 is 23.7 Å². The Morgan fingerprint density at radius 2 is 1.67 bits per heavy atom. The third-order valence-electron chi connectivity index (χ3n) is 9.58. The maximum Gasteiger partial charge on any atom is 0.313 e. The van der Waals surface area contributed by atoms with Crippen LogP contribution in [0.4, 0.5) is 0 Å². The van der Waals surface area contributed by atoms with Crippen LogP contribution in [0.2, 0.25) is 0 Å². The number of aliphatic hydroxyl groups is 1. The van der Waals surface area contributed by atoms with Crippen LogP contribution in [-0.4, -0.2) is 94.0 Å². The van der Waals surface area contributed by atoms with Gasteiger partial charge < -0.3 is 29.3 Å². The van der Waals surface area contributed by atoms with Crippen LogP contribution in [0.1, 0.15) is 37.0 Å². The summed E-state index contributed by atoms with van der Waals surface area (Å²) >= 11 is 0. The van der Waals surface area contributed by atoms with E-state index in [2.05, 4.69) is 0 Å². The van der Waals surface area contributed by atoms with Gasteiger partial charge in [-0.2, -0.15) is 0 Å². The minimum absolute atomic E-state index is 0.0806. The lowest BCUT2D eigenvalue weighted by molar-refractivity contribution is -0.164. The largest absolute Gasteiger partial charge is 0.455 e. The molecule has 4 heterocycles. The zero-order chi connectivity index (χ0) is 31.7. The van der Waals surface area contributed by atoms with E-state index in [1.165, 1.54) is 4.90 Å². The Morgan fingerprint density at radius 3 is 2.38 bits per heavy atom. The number of aliphatic hydroxyl groups excluding tert-OH is 1. The molecule has 0 unspecified atom stereocenters. The van der Waals surface area contributed by atoms with E-state index in [-0.39, 0.29) is 44.5 Å². The molecule has 0 aliphatic carbocycles. The van der Waals surface area contributed by atoms with Crippen molar-refractivity contribution in [3.8, 4) is 0 Å². The first-order valence-corrected chi connectivity index (χ1v) is 15.5. The number of fused-ring (bicyclic) bond motifs is 2. The van der Waals surface area contributed by atoms with Crippen molar-refractivity contribution in [2.45, 2.75) is 56.2 Å². The Bertz CT molecular complexity index is 1500. The van der Waals surface area contributed by atoms with Crippen molar-refractivity contribution in [3.05, 3.63) is 96.1 Å². The molecule has 7 atom stereocenters. The average molecular weight is 614 g/mol. The first kappa shape index (κ1) is 30.7. The van der Waals surface area contributed by atoms with Gasteiger partial charge in [0.15, 0.2) is 0 Å². The monoisotopic (exact) mass is 613 g/mol. The number of carbonyl (C=O) groups excluding carboxylic acids is 4. The van der Waals surface area contributed by atoms with Crippen LogP contribution >= 0.6 is 0 Å². The van der Waals surface area contributed by atoms with Crippen LogP contribution in [-0.2, 0) is 35.2 Å². The molecule has 10 nitrogen and oxygen atoms in total. The number of hydrogen-bond donors (Lipinski definition) is 1. The SMILES string of the molecule is C[C@@H]1[C@@H](c2ccccc2)OC(=O)[C@@H]2[C@@H]3C=C[C@]4(O3)[C@H](C(=O)N(Cc3ccccc3)C/C=C\CCC(=O)N1C)N(CCO)C(=O)[C@@H]24. The van der Waals surface area contributed by atoms with E-state index < -0.39 is 53.6 Å². The van der Waals surface area contributed by atoms with Gasteiger partial charge >= 0.3 is 5.97 Å². The summed E-state index contributed by atoms with van der Waals surface area (Å²) in [6.45, 7) is 1.92. The Kier molecular flexibility index (Phi) is 8.61. The number of carbonyl (C=O) groups is 4. The second-order valence-corrected chi connectivity index (χ2v) is 12.2. The van der Waals surface area contributed by atoms with Crippen molar-refractivity contribution in [2.24, 2.45) is 11.8 Å². The van der Waals surface area contributed by atoms with Crippen LogP contribution < -0.4 is 0 Å². The number of esters is 1. The molecule has 2 aromatic carbocycles. The Balaban J connectivity index is 1.42. The normalized spacial score (nSPS) is 32.6. The number of nitrogens with zero attached hydrogens (tertiary/aromatic N) is 3. The Morgan fingerprint density at radius 1 is 0.956 bits per heavy atom. The van der Waals surface area contributed by atoms with Gasteiger partial charge in [0.05, 0.1) is 24.7 Å². The molecular weight excluding hydrogens is 574 g/mol. The lowest BCUT2D eigenvalue weighted by atomic mass is 9.74. The van der Waals surface area contributed by atoms with E-state index >= 15 is 0 Å². The molecule has 1 spiro atoms. The van der Waals surface area contributed by atoms with E-state index in [0.717, 1.165) is 11.1 Å². The quantitative estimate of drug-likeness (QED) is 0.407. The van der Waals surface area contributed by atoms with Crippen molar-refractivity contribution in [2.75, 3.05) is 26.7 Å². The number of β-amino-alcohol motifs (C(OH)–C–C–N with tert-alkyl or cyclic N) is 1. The van der Waals surface area contributed by atoms with Gasteiger partial charge in [-0.1, -0.05) is 85.0 Å². The van der Waals surface area contributed by atoms with Crippen molar-refractivity contribution in [3.63, 3.8) is 0 Å². The number of benzene rings is 2. The smallest absolute Gasteiger partial charge is 0.313 e. The lowest BCUT2D eigenvalue weighted by Crippen LogP contribution is -2.56.